The SMILES string of the molecule is O=C1CCC(c2c(F)cccc2I)C1. The summed E-state index contributed by atoms with van der Waals surface area (Å²) in [4.78, 5) is 11.1. The molecule has 0 radical (unpaired) electrons. The second-order valence-corrected chi connectivity index (χ2v) is 4.78. The number of carbonyl (C=O) groups is 1. The molecule has 0 bridgehead atoms. The molecule has 0 aromatic heterocycles. The third kappa shape index (κ3) is 1.82. The lowest BCUT2D eigenvalue weighted by Crippen LogP contribution is -2.00. The summed E-state index contributed by atoms with van der Waals surface area (Å²) in [6.07, 6.45) is 1.92. The molecule has 1 aromatic carbocycles. The van der Waals surface area contributed by atoms with Crippen molar-refractivity contribution in [3.05, 3.63) is 33.1 Å². The fourth-order valence-corrected chi connectivity index (χ4v) is 2.87. The van der Waals surface area contributed by atoms with Crippen LogP contribution in [0.2, 0.25) is 0 Å². The second kappa shape index (κ2) is 3.96. The van der Waals surface area contributed by atoms with Gasteiger partial charge in [-0.05, 0) is 47.1 Å². The first-order chi connectivity index (χ1) is 6.68. The molecule has 0 amide bonds. The highest BCUT2D eigenvalue weighted by Crippen LogP contribution is 2.35. The average molecular weight is 304 g/mol. The Hall–Kier alpha value is -0.450. The van der Waals surface area contributed by atoms with E-state index in [1.807, 2.05) is 6.07 Å². The summed E-state index contributed by atoms with van der Waals surface area (Å²) >= 11 is 2.13. The van der Waals surface area contributed by atoms with E-state index < -0.39 is 0 Å². The predicted molar refractivity (Wildman–Crippen MR) is 60.7 cm³/mol. The standard InChI is InChI=1S/C11H10FIO/c12-9-2-1-3-10(13)11(9)7-4-5-8(14)6-7/h1-3,7H,4-6H2. The van der Waals surface area contributed by atoms with Crippen LogP contribution in [0, 0.1) is 9.39 Å². The van der Waals surface area contributed by atoms with E-state index in [0.717, 1.165) is 15.6 Å². The highest BCUT2D eigenvalue weighted by molar-refractivity contribution is 14.1. The van der Waals surface area contributed by atoms with Gasteiger partial charge < -0.3 is 0 Å². The van der Waals surface area contributed by atoms with Crippen molar-refractivity contribution in [2.45, 2.75) is 25.2 Å². The van der Waals surface area contributed by atoms with Crippen molar-refractivity contribution < 1.29 is 9.18 Å². The van der Waals surface area contributed by atoms with Crippen LogP contribution in [0.25, 0.3) is 0 Å². The Morgan fingerprint density at radius 1 is 1.43 bits per heavy atom. The van der Waals surface area contributed by atoms with Gasteiger partial charge in [0.05, 0.1) is 0 Å². The largest absolute Gasteiger partial charge is 0.300 e. The van der Waals surface area contributed by atoms with E-state index >= 15 is 0 Å². The minimum Gasteiger partial charge on any atom is -0.300 e. The molecular formula is C11H10FIO. The van der Waals surface area contributed by atoms with Crippen molar-refractivity contribution in [3.63, 3.8) is 0 Å². The molecule has 2 rings (SSSR count). The Kier molecular flexibility index (Phi) is 2.85. The monoisotopic (exact) mass is 304 g/mol. The van der Waals surface area contributed by atoms with Crippen molar-refractivity contribution in [2.75, 3.05) is 0 Å². The number of rotatable bonds is 1. The number of hydrogen-bond donors (Lipinski definition) is 0. The zero-order valence-electron chi connectivity index (χ0n) is 7.59. The van der Waals surface area contributed by atoms with Crippen molar-refractivity contribution in [3.8, 4) is 0 Å². The molecule has 1 saturated carbocycles. The molecule has 0 N–H and O–H groups in total. The number of halogens is 2. The lowest BCUT2D eigenvalue weighted by atomic mass is 9.97. The van der Waals surface area contributed by atoms with Crippen molar-refractivity contribution in [1.82, 2.24) is 0 Å². The topological polar surface area (TPSA) is 17.1 Å². The normalized spacial score (nSPS) is 21.6. The van der Waals surface area contributed by atoms with Gasteiger partial charge in [-0.2, -0.15) is 0 Å². The van der Waals surface area contributed by atoms with Gasteiger partial charge in [-0.15, -0.1) is 0 Å². The molecule has 0 aliphatic heterocycles. The number of benzene rings is 1. The van der Waals surface area contributed by atoms with Gasteiger partial charge in [0.2, 0.25) is 0 Å². The molecule has 1 fully saturated rings. The molecule has 74 valence electrons. The molecule has 14 heavy (non-hydrogen) atoms. The van der Waals surface area contributed by atoms with Crippen LogP contribution < -0.4 is 0 Å². The van der Waals surface area contributed by atoms with E-state index in [0.29, 0.717) is 12.8 Å². The molecule has 1 aromatic rings. The Labute approximate surface area is 95.8 Å². The summed E-state index contributed by atoms with van der Waals surface area (Å²) < 4.78 is 14.4. The van der Waals surface area contributed by atoms with Gasteiger partial charge in [-0.25, -0.2) is 4.39 Å². The van der Waals surface area contributed by atoms with E-state index in [4.69, 9.17) is 0 Å². The Morgan fingerprint density at radius 3 is 2.79 bits per heavy atom. The summed E-state index contributed by atoms with van der Waals surface area (Å²) in [6.45, 7) is 0. The van der Waals surface area contributed by atoms with Crippen LogP contribution in [0.1, 0.15) is 30.7 Å². The highest BCUT2D eigenvalue weighted by atomic mass is 127. The molecule has 0 saturated heterocycles. The van der Waals surface area contributed by atoms with E-state index in [2.05, 4.69) is 22.6 Å². The average Bonchev–Trinajstić information content (AvgIpc) is 2.51. The number of ketones is 1. The molecule has 1 nitrogen and oxygen atoms in total. The third-order valence-corrected chi connectivity index (χ3v) is 3.59. The van der Waals surface area contributed by atoms with Gasteiger partial charge in [0.25, 0.3) is 0 Å². The number of hydrogen-bond acceptors (Lipinski definition) is 1. The van der Waals surface area contributed by atoms with Crippen LogP contribution in [-0.2, 0) is 4.79 Å². The first kappa shape index (κ1) is 10.1. The predicted octanol–water partition coefficient (Wildman–Crippen LogP) is 3.27. The fourth-order valence-electron chi connectivity index (χ4n) is 1.96. The van der Waals surface area contributed by atoms with Crippen molar-refractivity contribution >= 4 is 28.4 Å². The molecule has 1 atom stereocenters. The Bertz CT molecular complexity index is 355. The van der Waals surface area contributed by atoms with Crippen LogP contribution >= 0.6 is 22.6 Å². The van der Waals surface area contributed by atoms with Crippen LogP contribution in [-0.4, -0.2) is 5.78 Å². The quantitative estimate of drug-likeness (QED) is 0.728. The van der Waals surface area contributed by atoms with Gasteiger partial charge in [0.1, 0.15) is 11.6 Å². The summed E-state index contributed by atoms with van der Waals surface area (Å²) in [6, 6.07) is 5.07. The van der Waals surface area contributed by atoms with Gasteiger partial charge in [-0.3, -0.25) is 4.79 Å². The molecule has 1 unspecified atom stereocenters. The lowest BCUT2D eigenvalue weighted by molar-refractivity contribution is -0.117. The highest BCUT2D eigenvalue weighted by Gasteiger charge is 2.27. The maximum absolute atomic E-state index is 13.5. The van der Waals surface area contributed by atoms with Crippen LogP contribution in [0.4, 0.5) is 4.39 Å². The van der Waals surface area contributed by atoms with Gasteiger partial charge in [0, 0.05) is 22.0 Å². The minimum atomic E-state index is -0.170. The van der Waals surface area contributed by atoms with Crippen molar-refractivity contribution in [1.29, 1.82) is 0 Å². The molecule has 1 aliphatic carbocycles. The van der Waals surface area contributed by atoms with E-state index in [1.54, 1.807) is 6.07 Å². The number of Topliss-reactive ketones (excluding diaryl/α,β-unsaturated/α-hetero) is 1. The van der Waals surface area contributed by atoms with Gasteiger partial charge >= 0.3 is 0 Å². The summed E-state index contributed by atoms with van der Waals surface area (Å²) in [5.74, 6) is 0.196. The van der Waals surface area contributed by atoms with Crippen LogP contribution in [0.5, 0.6) is 0 Å². The van der Waals surface area contributed by atoms with Crippen molar-refractivity contribution in [2.24, 2.45) is 0 Å². The minimum absolute atomic E-state index is 0.107. The molecule has 0 heterocycles. The van der Waals surface area contributed by atoms with Gasteiger partial charge in [0.15, 0.2) is 0 Å². The fraction of sp³-hybridized carbons (Fsp3) is 0.364. The Balaban J connectivity index is 2.36. The van der Waals surface area contributed by atoms with E-state index in [1.165, 1.54) is 6.07 Å². The smallest absolute Gasteiger partial charge is 0.133 e. The zero-order valence-corrected chi connectivity index (χ0v) is 9.75. The molecule has 3 heteroatoms. The maximum atomic E-state index is 13.5. The lowest BCUT2D eigenvalue weighted by Gasteiger charge is -2.11. The summed E-state index contributed by atoms with van der Waals surface area (Å²) in [5.41, 5.74) is 0.735. The van der Waals surface area contributed by atoms with Crippen LogP contribution in [0.15, 0.2) is 18.2 Å². The number of carbonyl (C=O) groups excluding carboxylic acids is 1. The van der Waals surface area contributed by atoms with E-state index in [-0.39, 0.29) is 17.5 Å². The zero-order chi connectivity index (χ0) is 10.1. The third-order valence-electron chi connectivity index (χ3n) is 2.65. The van der Waals surface area contributed by atoms with Gasteiger partial charge in [-0.1, -0.05) is 6.07 Å². The van der Waals surface area contributed by atoms with E-state index in [9.17, 15) is 9.18 Å². The van der Waals surface area contributed by atoms with Crippen LogP contribution in [0.3, 0.4) is 0 Å². The summed E-state index contributed by atoms with van der Waals surface area (Å²) in [7, 11) is 0. The Morgan fingerprint density at radius 2 is 2.21 bits per heavy atom. The maximum Gasteiger partial charge on any atom is 0.133 e. The second-order valence-electron chi connectivity index (χ2n) is 3.61. The molecule has 1 aliphatic rings. The molecular weight excluding hydrogens is 294 g/mol. The molecule has 0 spiro atoms. The first-order valence-corrected chi connectivity index (χ1v) is 5.72. The summed E-state index contributed by atoms with van der Waals surface area (Å²) in [5, 5.41) is 0. The first-order valence-electron chi connectivity index (χ1n) is 4.64.